The average Bonchev–Trinajstić information content (AvgIpc) is 2.74. The summed E-state index contributed by atoms with van der Waals surface area (Å²) in [5, 5.41) is 19.7. The van der Waals surface area contributed by atoms with Crippen LogP contribution in [0.5, 0.6) is 11.5 Å². The fourth-order valence-electron chi connectivity index (χ4n) is 3.38. The van der Waals surface area contributed by atoms with Gasteiger partial charge < -0.3 is 14.9 Å². The van der Waals surface area contributed by atoms with Gasteiger partial charge in [-0.2, -0.15) is 0 Å². The van der Waals surface area contributed by atoms with Gasteiger partial charge in [-0.3, -0.25) is 0 Å². The Morgan fingerprint density at radius 2 is 1.66 bits per heavy atom. The molecule has 0 fully saturated rings. The van der Waals surface area contributed by atoms with E-state index in [1.54, 1.807) is 0 Å². The monoisotopic (exact) mass is 442 g/mol. The Kier molecular flexibility index (Phi) is 13.9. The molecule has 1 aromatic rings. The lowest BCUT2D eigenvalue weighted by Gasteiger charge is -2.09. The topological polar surface area (TPSA) is 66.8 Å². The summed E-state index contributed by atoms with van der Waals surface area (Å²) in [6, 6.07) is 4.43. The fraction of sp³-hybridized carbons (Fsp3) is 0.536. The van der Waals surface area contributed by atoms with Crippen molar-refractivity contribution in [3.8, 4) is 11.5 Å². The van der Waals surface area contributed by atoms with Crippen LogP contribution in [0.15, 0.2) is 53.1 Å². The first kappa shape index (κ1) is 27.5. The van der Waals surface area contributed by atoms with Crippen molar-refractivity contribution in [1.82, 2.24) is 0 Å². The SMILES string of the molecule is CCCCCCCOC(=O)C(=CCc1cc(O)ccc1O)CCC=C(C)CCC=C(C)C. The van der Waals surface area contributed by atoms with Crippen LogP contribution in [0.1, 0.15) is 91.0 Å². The predicted molar refractivity (Wildman–Crippen MR) is 133 cm³/mol. The Balaban J connectivity index is 2.73. The first-order valence-corrected chi connectivity index (χ1v) is 12.0. The van der Waals surface area contributed by atoms with E-state index in [4.69, 9.17) is 4.74 Å². The molecule has 178 valence electrons. The van der Waals surface area contributed by atoms with Crippen molar-refractivity contribution in [1.29, 1.82) is 0 Å². The van der Waals surface area contributed by atoms with Crippen molar-refractivity contribution in [2.45, 2.75) is 91.9 Å². The van der Waals surface area contributed by atoms with Crippen LogP contribution in [-0.4, -0.2) is 22.8 Å². The number of unbranched alkanes of at least 4 members (excludes halogenated alkanes) is 4. The summed E-state index contributed by atoms with van der Waals surface area (Å²) in [5.74, 6) is -0.0780. The lowest BCUT2D eigenvalue weighted by molar-refractivity contribution is -0.139. The number of allylic oxidation sites excluding steroid dienone is 5. The number of esters is 1. The molecule has 0 saturated carbocycles. The summed E-state index contributed by atoms with van der Waals surface area (Å²) >= 11 is 0. The van der Waals surface area contributed by atoms with Gasteiger partial charge in [-0.25, -0.2) is 4.79 Å². The van der Waals surface area contributed by atoms with Gasteiger partial charge in [-0.05, 0) is 77.5 Å². The molecule has 0 radical (unpaired) electrons. The van der Waals surface area contributed by atoms with Crippen LogP contribution < -0.4 is 0 Å². The van der Waals surface area contributed by atoms with Crippen LogP contribution in [-0.2, 0) is 16.0 Å². The Hall–Kier alpha value is -2.49. The number of carbonyl (C=O) groups is 1. The first-order chi connectivity index (χ1) is 15.3. The highest BCUT2D eigenvalue weighted by atomic mass is 16.5. The molecule has 0 amide bonds. The Labute approximate surface area is 194 Å². The van der Waals surface area contributed by atoms with E-state index < -0.39 is 0 Å². The van der Waals surface area contributed by atoms with Gasteiger partial charge in [-0.15, -0.1) is 0 Å². The minimum absolute atomic E-state index is 0.0947. The molecule has 0 unspecified atom stereocenters. The maximum atomic E-state index is 12.7. The second kappa shape index (κ2) is 16.2. The van der Waals surface area contributed by atoms with E-state index in [0.29, 0.717) is 30.6 Å². The molecule has 0 aromatic heterocycles. The zero-order valence-corrected chi connectivity index (χ0v) is 20.5. The van der Waals surface area contributed by atoms with E-state index in [2.05, 4.69) is 39.8 Å². The molecule has 1 aromatic carbocycles. The molecule has 0 saturated heterocycles. The molecule has 0 heterocycles. The van der Waals surface area contributed by atoms with Crippen LogP contribution in [0.4, 0.5) is 0 Å². The van der Waals surface area contributed by atoms with Crippen LogP contribution in [0, 0.1) is 0 Å². The number of rotatable bonds is 15. The van der Waals surface area contributed by atoms with E-state index >= 15 is 0 Å². The fourth-order valence-corrected chi connectivity index (χ4v) is 3.38. The molecule has 0 spiro atoms. The summed E-state index contributed by atoms with van der Waals surface area (Å²) in [5.41, 5.74) is 3.85. The smallest absolute Gasteiger partial charge is 0.333 e. The number of hydrogen-bond donors (Lipinski definition) is 2. The quantitative estimate of drug-likeness (QED) is 0.0967. The summed E-state index contributed by atoms with van der Waals surface area (Å²) in [6.07, 6.45) is 15.6. The summed E-state index contributed by atoms with van der Waals surface area (Å²) < 4.78 is 5.53. The van der Waals surface area contributed by atoms with Gasteiger partial charge in [0.25, 0.3) is 0 Å². The lowest BCUT2D eigenvalue weighted by atomic mass is 10.0. The maximum absolute atomic E-state index is 12.7. The van der Waals surface area contributed by atoms with Crippen LogP contribution in [0.25, 0.3) is 0 Å². The van der Waals surface area contributed by atoms with Crippen LogP contribution in [0.2, 0.25) is 0 Å². The molecule has 2 N–H and O–H groups in total. The zero-order valence-electron chi connectivity index (χ0n) is 20.5. The van der Waals surface area contributed by atoms with Crippen LogP contribution >= 0.6 is 0 Å². The van der Waals surface area contributed by atoms with E-state index in [1.807, 2.05) is 6.08 Å². The molecular weight excluding hydrogens is 400 g/mol. The number of hydrogen-bond acceptors (Lipinski definition) is 4. The Morgan fingerprint density at radius 1 is 0.938 bits per heavy atom. The van der Waals surface area contributed by atoms with E-state index in [0.717, 1.165) is 32.1 Å². The molecule has 4 nitrogen and oxygen atoms in total. The number of phenolic OH excluding ortho intramolecular Hbond substituents is 2. The third-order valence-electron chi connectivity index (χ3n) is 5.37. The first-order valence-electron chi connectivity index (χ1n) is 12.0. The summed E-state index contributed by atoms with van der Waals surface area (Å²) in [7, 11) is 0. The van der Waals surface area contributed by atoms with Crippen molar-refractivity contribution in [3.05, 3.63) is 58.7 Å². The van der Waals surface area contributed by atoms with Gasteiger partial charge in [0.2, 0.25) is 0 Å². The third-order valence-corrected chi connectivity index (χ3v) is 5.37. The third kappa shape index (κ3) is 12.4. The number of ether oxygens (including phenoxy) is 1. The minimum atomic E-state index is -0.282. The second-order valence-electron chi connectivity index (χ2n) is 8.71. The molecule has 0 bridgehead atoms. The lowest BCUT2D eigenvalue weighted by Crippen LogP contribution is -2.10. The van der Waals surface area contributed by atoms with Gasteiger partial charge >= 0.3 is 5.97 Å². The van der Waals surface area contributed by atoms with Crippen molar-refractivity contribution >= 4 is 5.97 Å². The molecule has 0 aliphatic rings. The van der Waals surface area contributed by atoms with Gasteiger partial charge in [0, 0.05) is 11.1 Å². The van der Waals surface area contributed by atoms with E-state index in [-0.39, 0.29) is 17.5 Å². The number of benzene rings is 1. The van der Waals surface area contributed by atoms with Crippen LogP contribution in [0.3, 0.4) is 0 Å². The van der Waals surface area contributed by atoms with E-state index in [1.165, 1.54) is 48.6 Å². The van der Waals surface area contributed by atoms with Crippen molar-refractivity contribution in [2.75, 3.05) is 6.61 Å². The second-order valence-corrected chi connectivity index (χ2v) is 8.71. The molecule has 32 heavy (non-hydrogen) atoms. The number of aromatic hydroxyl groups is 2. The van der Waals surface area contributed by atoms with Gasteiger partial charge in [0.1, 0.15) is 11.5 Å². The van der Waals surface area contributed by atoms with Gasteiger partial charge in [0.05, 0.1) is 6.61 Å². The van der Waals surface area contributed by atoms with Gasteiger partial charge in [-0.1, -0.05) is 62.0 Å². The highest BCUT2D eigenvalue weighted by molar-refractivity contribution is 5.88. The van der Waals surface area contributed by atoms with Crippen molar-refractivity contribution in [2.24, 2.45) is 0 Å². The van der Waals surface area contributed by atoms with Gasteiger partial charge in [0.15, 0.2) is 0 Å². The minimum Gasteiger partial charge on any atom is -0.508 e. The summed E-state index contributed by atoms with van der Waals surface area (Å²) in [6.45, 7) is 8.96. The maximum Gasteiger partial charge on any atom is 0.333 e. The zero-order chi connectivity index (χ0) is 23.8. The molecule has 0 aliphatic carbocycles. The standard InChI is InChI=1S/C28H42O4/c1-5-6-7-8-9-20-32-28(31)24(15-11-14-23(4)13-10-12-22(2)3)16-17-25-21-26(29)18-19-27(25)30/h12,14,16,18-19,21,29-30H,5-11,13,15,17,20H2,1-4H3. The molecule has 4 heteroatoms. The number of phenols is 2. The Bertz CT molecular complexity index is 783. The van der Waals surface area contributed by atoms with Crippen molar-refractivity contribution in [3.63, 3.8) is 0 Å². The normalized spacial score (nSPS) is 12.0. The molecular formula is C28H42O4. The summed E-state index contributed by atoms with van der Waals surface area (Å²) in [4.78, 5) is 12.7. The average molecular weight is 443 g/mol. The molecule has 0 atom stereocenters. The molecule has 1 rings (SSSR count). The number of carbonyl (C=O) groups excluding carboxylic acids is 1. The predicted octanol–water partition coefficient (Wildman–Crippen LogP) is 7.55. The molecule has 0 aliphatic heterocycles. The largest absolute Gasteiger partial charge is 0.508 e. The highest BCUT2D eigenvalue weighted by Crippen LogP contribution is 2.24. The van der Waals surface area contributed by atoms with E-state index in [9.17, 15) is 15.0 Å². The Morgan fingerprint density at radius 3 is 2.38 bits per heavy atom. The highest BCUT2D eigenvalue weighted by Gasteiger charge is 2.11. The van der Waals surface area contributed by atoms with Crippen molar-refractivity contribution < 1.29 is 19.7 Å².